The topological polar surface area (TPSA) is 32.3 Å². The third-order valence-corrected chi connectivity index (χ3v) is 4.00. The van der Waals surface area contributed by atoms with E-state index in [4.69, 9.17) is 5.11 Å². The molecule has 0 fully saturated rings. The van der Waals surface area contributed by atoms with Crippen molar-refractivity contribution in [1.29, 1.82) is 0 Å². The van der Waals surface area contributed by atoms with E-state index in [0.29, 0.717) is 18.4 Å². The predicted octanol–water partition coefficient (Wildman–Crippen LogP) is 4.52. The van der Waals surface area contributed by atoms with Crippen LogP contribution in [-0.4, -0.2) is 11.7 Å². The van der Waals surface area contributed by atoms with E-state index < -0.39 is 11.6 Å². The number of halogens is 2. The summed E-state index contributed by atoms with van der Waals surface area (Å²) in [6.07, 6.45) is 2.10. The number of hydrogen-bond acceptors (Lipinski definition) is 2. The van der Waals surface area contributed by atoms with Gasteiger partial charge in [0.25, 0.3) is 0 Å². The summed E-state index contributed by atoms with van der Waals surface area (Å²) in [5, 5.41) is 12.6. The van der Waals surface area contributed by atoms with Gasteiger partial charge in [0, 0.05) is 30.3 Å². The Balaban J connectivity index is 2.21. The highest BCUT2D eigenvalue weighted by molar-refractivity contribution is 5.24. The van der Waals surface area contributed by atoms with Crippen LogP contribution in [0.4, 0.5) is 8.78 Å². The van der Waals surface area contributed by atoms with Crippen molar-refractivity contribution in [3.8, 4) is 0 Å². The Morgan fingerprint density at radius 1 is 1.04 bits per heavy atom. The molecule has 2 unspecified atom stereocenters. The van der Waals surface area contributed by atoms with Crippen LogP contribution in [0.3, 0.4) is 0 Å². The highest BCUT2D eigenvalue weighted by atomic mass is 19.1. The van der Waals surface area contributed by atoms with Crippen LogP contribution in [0.15, 0.2) is 48.5 Å². The molecule has 0 bridgehead atoms. The average Bonchev–Trinajstić information content (AvgIpc) is 2.57. The summed E-state index contributed by atoms with van der Waals surface area (Å²) in [6.45, 7) is 2.08. The summed E-state index contributed by atoms with van der Waals surface area (Å²) in [4.78, 5) is 0. The summed E-state index contributed by atoms with van der Waals surface area (Å²) < 4.78 is 27.2. The summed E-state index contributed by atoms with van der Waals surface area (Å²) in [5.74, 6) is -1.10. The highest BCUT2D eigenvalue weighted by Crippen LogP contribution is 2.27. The van der Waals surface area contributed by atoms with Crippen molar-refractivity contribution in [3.05, 3.63) is 71.3 Å². The monoisotopic (exact) mass is 319 g/mol. The van der Waals surface area contributed by atoms with E-state index in [0.717, 1.165) is 18.1 Å². The van der Waals surface area contributed by atoms with Crippen LogP contribution in [0.5, 0.6) is 0 Å². The number of benzene rings is 2. The Labute approximate surface area is 136 Å². The first-order chi connectivity index (χ1) is 11.2. The van der Waals surface area contributed by atoms with Crippen LogP contribution >= 0.6 is 0 Å². The zero-order chi connectivity index (χ0) is 16.7. The molecule has 2 rings (SSSR count). The maximum absolute atomic E-state index is 14.1. The summed E-state index contributed by atoms with van der Waals surface area (Å²) in [5.41, 5.74) is 1.57. The molecule has 0 aliphatic carbocycles. The number of aliphatic hydroxyl groups excluding tert-OH is 1. The lowest BCUT2D eigenvalue weighted by Gasteiger charge is -2.26. The van der Waals surface area contributed by atoms with Gasteiger partial charge in [0.05, 0.1) is 0 Å². The van der Waals surface area contributed by atoms with Crippen molar-refractivity contribution >= 4 is 0 Å². The van der Waals surface area contributed by atoms with Crippen LogP contribution in [0, 0.1) is 11.6 Å². The largest absolute Gasteiger partial charge is 0.396 e. The highest BCUT2D eigenvalue weighted by Gasteiger charge is 2.19. The van der Waals surface area contributed by atoms with Gasteiger partial charge in [-0.25, -0.2) is 8.78 Å². The maximum Gasteiger partial charge on any atom is 0.130 e. The van der Waals surface area contributed by atoms with Gasteiger partial charge in [0.15, 0.2) is 0 Å². The van der Waals surface area contributed by atoms with Gasteiger partial charge in [-0.2, -0.15) is 0 Å². The smallest absolute Gasteiger partial charge is 0.130 e. The van der Waals surface area contributed by atoms with Gasteiger partial charge in [-0.05, 0) is 30.9 Å². The zero-order valence-electron chi connectivity index (χ0n) is 13.3. The second-order valence-corrected chi connectivity index (χ2v) is 5.62. The first-order valence-corrected chi connectivity index (χ1v) is 8.02. The van der Waals surface area contributed by atoms with Gasteiger partial charge in [-0.1, -0.05) is 43.3 Å². The minimum atomic E-state index is -0.569. The Morgan fingerprint density at radius 2 is 1.78 bits per heavy atom. The van der Waals surface area contributed by atoms with Crippen molar-refractivity contribution in [2.24, 2.45) is 0 Å². The van der Waals surface area contributed by atoms with Crippen LogP contribution in [-0.2, 0) is 0 Å². The fourth-order valence-corrected chi connectivity index (χ4v) is 2.78. The van der Waals surface area contributed by atoms with Crippen molar-refractivity contribution in [2.75, 3.05) is 6.61 Å². The third kappa shape index (κ3) is 4.85. The SMILES string of the molecule is CCC(NC(CCCO)c1ccccc1)c1ccc(F)cc1F. The Hall–Kier alpha value is -1.78. The molecule has 0 aromatic heterocycles. The van der Waals surface area contributed by atoms with Crippen LogP contribution in [0.2, 0.25) is 0 Å². The van der Waals surface area contributed by atoms with E-state index in [1.54, 1.807) is 0 Å². The van der Waals surface area contributed by atoms with E-state index in [1.165, 1.54) is 12.1 Å². The molecule has 0 amide bonds. The second-order valence-electron chi connectivity index (χ2n) is 5.62. The van der Waals surface area contributed by atoms with Crippen molar-refractivity contribution < 1.29 is 13.9 Å². The second kappa shape index (κ2) is 8.75. The quantitative estimate of drug-likeness (QED) is 0.750. The summed E-state index contributed by atoms with van der Waals surface area (Å²) in [6, 6.07) is 13.4. The molecule has 4 heteroatoms. The van der Waals surface area contributed by atoms with E-state index in [-0.39, 0.29) is 18.7 Å². The zero-order valence-corrected chi connectivity index (χ0v) is 13.3. The fourth-order valence-electron chi connectivity index (χ4n) is 2.78. The maximum atomic E-state index is 14.1. The van der Waals surface area contributed by atoms with E-state index in [9.17, 15) is 8.78 Å². The number of nitrogens with one attached hydrogen (secondary N) is 1. The minimum Gasteiger partial charge on any atom is -0.396 e. The predicted molar refractivity (Wildman–Crippen MR) is 88.0 cm³/mol. The molecular formula is C19H23F2NO. The molecule has 0 radical (unpaired) electrons. The number of aliphatic hydroxyl groups is 1. The summed E-state index contributed by atoms with van der Waals surface area (Å²) in [7, 11) is 0. The third-order valence-electron chi connectivity index (χ3n) is 4.00. The Morgan fingerprint density at radius 3 is 2.39 bits per heavy atom. The van der Waals surface area contributed by atoms with E-state index in [2.05, 4.69) is 5.32 Å². The van der Waals surface area contributed by atoms with Gasteiger partial charge in [0.1, 0.15) is 11.6 Å². The van der Waals surface area contributed by atoms with Gasteiger partial charge < -0.3 is 10.4 Å². The molecule has 0 heterocycles. The Kier molecular flexibility index (Phi) is 6.68. The lowest BCUT2D eigenvalue weighted by Crippen LogP contribution is -2.27. The van der Waals surface area contributed by atoms with E-state index >= 15 is 0 Å². The standard InChI is InChI=1S/C19H23F2NO/c1-2-18(16-11-10-15(20)13-17(16)21)22-19(9-6-12-23)14-7-4-3-5-8-14/h3-5,7-8,10-11,13,18-19,22-23H,2,6,9,12H2,1H3. The van der Waals surface area contributed by atoms with Crippen molar-refractivity contribution in [3.63, 3.8) is 0 Å². The van der Waals surface area contributed by atoms with Gasteiger partial charge in [0.2, 0.25) is 0 Å². The molecule has 124 valence electrons. The van der Waals surface area contributed by atoms with Crippen molar-refractivity contribution in [2.45, 2.75) is 38.3 Å². The lowest BCUT2D eigenvalue weighted by atomic mass is 9.97. The van der Waals surface area contributed by atoms with Gasteiger partial charge in [-0.3, -0.25) is 0 Å². The average molecular weight is 319 g/mol. The van der Waals surface area contributed by atoms with Crippen LogP contribution in [0.25, 0.3) is 0 Å². The fraction of sp³-hybridized carbons (Fsp3) is 0.368. The number of hydrogen-bond donors (Lipinski definition) is 2. The molecule has 23 heavy (non-hydrogen) atoms. The molecule has 0 aliphatic heterocycles. The van der Waals surface area contributed by atoms with Gasteiger partial charge >= 0.3 is 0 Å². The molecular weight excluding hydrogens is 296 g/mol. The molecule has 0 saturated heterocycles. The molecule has 2 aromatic carbocycles. The van der Waals surface area contributed by atoms with Crippen LogP contribution in [0.1, 0.15) is 49.4 Å². The summed E-state index contributed by atoms with van der Waals surface area (Å²) >= 11 is 0. The minimum absolute atomic E-state index is 0.0118. The molecule has 2 N–H and O–H groups in total. The lowest BCUT2D eigenvalue weighted by molar-refractivity contribution is 0.270. The molecule has 2 nitrogen and oxygen atoms in total. The first-order valence-electron chi connectivity index (χ1n) is 8.02. The Bertz CT molecular complexity index is 604. The molecule has 2 atom stereocenters. The first kappa shape index (κ1) is 17.6. The van der Waals surface area contributed by atoms with Crippen LogP contribution < -0.4 is 5.32 Å². The van der Waals surface area contributed by atoms with Gasteiger partial charge in [-0.15, -0.1) is 0 Å². The molecule has 2 aromatic rings. The normalized spacial score (nSPS) is 13.7. The van der Waals surface area contributed by atoms with E-state index in [1.807, 2.05) is 37.3 Å². The van der Waals surface area contributed by atoms with Crippen molar-refractivity contribution in [1.82, 2.24) is 5.32 Å². The molecule has 0 spiro atoms. The molecule has 0 aliphatic rings. The molecule has 0 saturated carbocycles. The number of rotatable bonds is 8.